The third-order valence-electron chi connectivity index (χ3n) is 2.41. The van der Waals surface area contributed by atoms with Gasteiger partial charge in [-0.3, -0.25) is 0 Å². The molecular formula is C13H9ClF3NS. The number of halogens is 4. The van der Waals surface area contributed by atoms with Gasteiger partial charge in [-0.15, -0.1) is 0 Å². The molecule has 0 bridgehead atoms. The molecule has 0 unspecified atom stereocenters. The van der Waals surface area contributed by atoms with Crippen LogP contribution in [0.15, 0.2) is 46.3 Å². The van der Waals surface area contributed by atoms with Gasteiger partial charge < -0.3 is 0 Å². The van der Waals surface area contributed by atoms with Crippen LogP contribution >= 0.6 is 23.4 Å². The predicted octanol–water partition coefficient (Wildman–Crippen LogP) is 5.21. The lowest BCUT2D eigenvalue weighted by Crippen LogP contribution is -2.05. The fourth-order valence-corrected chi connectivity index (χ4v) is 2.66. The lowest BCUT2D eigenvalue weighted by Gasteiger charge is -2.09. The average Bonchev–Trinajstić information content (AvgIpc) is 2.30. The summed E-state index contributed by atoms with van der Waals surface area (Å²) < 4.78 is 38.0. The van der Waals surface area contributed by atoms with Gasteiger partial charge in [0.25, 0.3) is 0 Å². The number of aromatic nitrogens is 1. The zero-order chi connectivity index (χ0) is 14.0. The molecule has 0 aliphatic carbocycles. The van der Waals surface area contributed by atoms with E-state index in [0.717, 1.165) is 34.4 Å². The van der Waals surface area contributed by atoms with Crippen molar-refractivity contribution in [1.82, 2.24) is 4.98 Å². The van der Waals surface area contributed by atoms with Crippen LogP contribution in [0.1, 0.15) is 11.1 Å². The van der Waals surface area contributed by atoms with Crippen LogP contribution in [0, 0.1) is 6.92 Å². The van der Waals surface area contributed by atoms with Gasteiger partial charge in [-0.05, 0) is 30.7 Å². The zero-order valence-electron chi connectivity index (χ0n) is 9.83. The van der Waals surface area contributed by atoms with Crippen LogP contribution in [0.2, 0.25) is 5.15 Å². The van der Waals surface area contributed by atoms with Gasteiger partial charge in [-0.2, -0.15) is 13.2 Å². The van der Waals surface area contributed by atoms with E-state index in [1.165, 1.54) is 0 Å². The molecule has 19 heavy (non-hydrogen) atoms. The summed E-state index contributed by atoms with van der Waals surface area (Å²) in [6, 6.07) is 9.23. The number of hydrogen-bond donors (Lipinski definition) is 0. The van der Waals surface area contributed by atoms with Crippen molar-refractivity contribution in [2.24, 2.45) is 0 Å². The van der Waals surface area contributed by atoms with Crippen molar-refractivity contribution in [2.45, 2.75) is 23.0 Å². The van der Waals surface area contributed by atoms with Crippen LogP contribution in [0.3, 0.4) is 0 Å². The topological polar surface area (TPSA) is 12.9 Å². The van der Waals surface area contributed by atoms with E-state index in [1.54, 1.807) is 0 Å². The summed E-state index contributed by atoms with van der Waals surface area (Å²) in [5.74, 6) is 0. The van der Waals surface area contributed by atoms with Crippen molar-refractivity contribution in [1.29, 1.82) is 0 Å². The third kappa shape index (κ3) is 3.64. The average molecular weight is 304 g/mol. The highest BCUT2D eigenvalue weighted by molar-refractivity contribution is 7.99. The molecule has 0 N–H and O–H groups in total. The van der Waals surface area contributed by atoms with E-state index < -0.39 is 11.7 Å². The summed E-state index contributed by atoms with van der Waals surface area (Å²) in [4.78, 5) is 4.76. The predicted molar refractivity (Wildman–Crippen MR) is 69.6 cm³/mol. The third-order valence-corrected chi connectivity index (χ3v) is 3.70. The van der Waals surface area contributed by atoms with Crippen LogP contribution in [-0.2, 0) is 6.18 Å². The van der Waals surface area contributed by atoms with Gasteiger partial charge in [-0.25, -0.2) is 4.98 Å². The highest BCUT2D eigenvalue weighted by atomic mass is 35.5. The molecule has 0 saturated carbocycles. The van der Waals surface area contributed by atoms with Crippen molar-refractivity contribution in [3.8, 4) is 0 Å². The molecule has 0 amide bonds. The molecular weight excluding hydrogens is 295 g/mol. The maximum atomic E-state index is 12.7. The second-order valence-electron chi connectivity index (χ2n) is 3.88. The highest BCUT2D eigenvalue weighted by Gasteiger charge is 2.31. The monoisotopic (exact) mass is 303 g/mol. The smallest absolute Gasteiger partial charge is 0.229 e. The van der Waals surface area contributed by atoms with Crippen molar-refractivity contribution in [3.05, 3.63) is 52.7 Å². The molecule has 1 aromatic heterocycles. The number of benzene rings is 1. The number of nitrogens with zero attached hydrogens (tertiary/aromatic N) is 1. The van der Waals surface area contributed by atoms with Crippen molar-refractivity contribution in [3.63, 3.8) is 0 Å². The summed E-state index contributed by atoms with van der Waals surface area (Å²) in [6.07, 6.45) is -4.42. The van der Waals surface area contributed by atoms with Gasteiger partial charge in [0, 0.05) is 4.90 Å². The Labute approximate surface area is 117 Å². The van der Waals surface area contributed by atoms with Gasteiger partial charge >= 0.3 is 6.18 Å². The summed E-state index contributed by atoms with van der Waals surface area (Å²) in [6.45, 7) is 1.89. The van der Waals surface area contributed by atoms with Crippen molar-refractivity contribution in [2.75, 3.05) is 0 Å². The first kappa shape index (κ1) is 14.2. The van der Waals surface area contributed by atoms with E-state index in [-0.39, 0.29) is 10.2 Å². The minimum atomic E-state index is -4.42. The maximum absolute atomic E-state index is 12.7. The van der Waals surface area contributed by atoms with Crippen LogP contribution < -0.4 is 0 Å². The quantitative estimate of drug-likeness (QED) is 0.706. The first-order valence-electron chi connectivity index (χ1n) is 5.34. The summed E-state index contributed by atoms with van der Waals surface area (Å²) in [5, 5.41) is 0.0695. The summed E-state index contributed by atoms with van der Waals surface area (Å²) >= 11 is 6.80. The van der Waals surface area contributed by atoms with Gasteiger partial charge in [0.2, 0.25) is 0 Å². The van der Waals surface area contributed by atoms with Crippen molar-refractivity contribution >= 4 is 23.4 Å². The Morgan fingerprint density at radius 2 is 1.84 bits per heavy atom. The van der Waals surface area contributed by atoms with Crippen LogP contribution in [0.4, 0.5) is 13.2 Å². The van der Waals surface area contributed by atoms with E-state index in [9.17, 15) is 13.2 Å². The van der Waals surface area contributed by atoms with Gasteiger partial charge in [0.15, 0.2) is 0 Å². The van der Waals surface area contributed by atoms with E-state index in [0.29, 0.717) is 0 Å². The minimum Gasteiger partial charge on any atom is -0.229 e. The Kier molecular flexibility index (Phi) is 4.06. The molecule has 6 heteroatoms. The lowest BCUT2D eigenvalue weighted by atomic mass is 10.2. The molecule has 0 aliphatic heterocycles. The van der Waals surface area contributed by atoms with Crippen LogP contribution in [0.25, 0.3) is 0 Å². The molecule has 0 saturated heterocycles. The Hall–Kier alpha value is -1.20. The normalized spacial score (nSPS) is 11.6. The van der Waals surface area contributed by atoms with Gasteiger partial charge in [0.05, 0.1) is 5.56 Å². The largest absolute Gasteiger partial charge is 0.416 e. The van der Waals surface area contributed by atoms with E-state index in [4.69, 9.17) is 11.6 Å². The summed E-state index contributed by atoms with van der Waals surface area (Å²) in [5.41, 5.74) is 0.186. The maximum Gasteiger partial charge on any atom is 0.416 e. The fourth-order valence-electron chi connectivity index (χ4n) is 1.47. The molecule has 0 fully saturated rings. The molecule has 1 nitrogen and oxygen atoms in total. The number of aryl methyl sites for hydroxylation is 1. The van der Waals surface area contributed by atoms with Crippen molar-refractivity contribution < 1.29 is 13.2 Å². The molecule has 0 spiro atoms. The van der Waals surface area contributed by atoms with Crippen LogP contribution in [0.5, 0.6) is 0 Å². The second kappa shape index (κ2) is 5.43. The first-order chi connectivity index (χ1) is 8.86. The summed E-state index contributed by atoms with van der Waals surface area (Å²) in [7, 11) is 0. The Morgan fingerprint density at radius 1 is 1.16 bits per heavy atom. The SMILES string of the molecule is Cc1ccccc1Sc1cc(C(F)(F)F)cc(Cl)n1. The van der Waals surface area contributed by atoms with E-state index in [2.05, 4.69) is 4.98 Å². The number of pyridine rings is 1. The highest BCUT2D eigenvalue weighted by Crippen LogP contribution is 2.35. The minimum absolute atomic E-state index is 0.161. The first-order valence-corrected chi connectivity index (χ1v) is 6.54. The molecule has 0 radical (unpaired) electrons. The van der Waals surface area contributed by atoms with E-state index in [1.807, 2.05) is 31.2 Å². The molecule has 100 valence electrons. The lowest BCUT2D eigenvalue weighted by molar-refractivity contribution is -0.137. The zero-order valence-corrected chi connectivity index (χ0v) is 11.4. The number of rotatable bonds is 2. The van der Waals surface area contributed by atoms with Gasteiger partial charge in [0.1, 0.15) is 10.2 Å². The Morgan fingerprint density at radius 3 is 2.47 bits per heavy atom. The molecule has 0 atom stereocenters. The Bertz CT molecular complexity index is 599. The standard InChI is InChI=1S/C13H9ClF3NS/c1-8-4-2-3-5-10(8)19-12-7-9(13(15,16)17)6-11(14)18-12/h2-7H,1H3. The Balaban J connectivity index is 2.36. The molecule has 0 aliphatic rings. The fraction of sp³-hybridized carbons (Fsp3) is 0.154. The second-order valence-corrected chi connectivity index (χ2v) is 5.33. The number of alkyl halides is 3. The molecule has 1 heterocycles. The van der Waals surface area contributed by atoms with Crippen LogP contribution in [-0.4, -0.2) is 4.98 Å². The molecule has 2 rings (SSSR count). The number of hydrogen-bond acceptors (Lipinski definition) is 2. The molecule has 2 aromatic rings. The van der Waals surface area contributed by atoms with Gasteiger partial charge in [-0.1, -0.05) is 41.6 Å². The molecule has 1 aromatic carbocycles. The van der Waals surface area contributed by atoms with E-state index >= 15 is 0 Å².